The van der Waals surface area contributed by atoms with Crippen molar-refractivity contribution in [2.24, 2.45) is 22.6 Å². The lowest BCUT2D eigenvalue weighted by Crippen LogP contribution is -2.40. The predicted octanol–water partition coefficient (Wildman–Crippen LogP) is 3.22. The van der Waals surface area contributed by atoms with Gasteiger partial charge in [0.05, 0.1) is 12.5 Å². The van der Waals surface area contributed by atoms with E-state index in [1.165, 1.54) is 30.4 Å². The Morgan fingerprint density at radius 2 is 2.03 bits per heavy atom. The van der Waals surface area contributed by atoms with Gasteiger partial charge in [-0.3, -0.25) is 9.69 Å². The van der Waals surface area contributed by atoms with E-state index < -0.39 is 0 Å². The van der Waals surface area contributed by atoms with Crippen molar-refractivity contribution in [2.75, 3.05) is 46.4 Å². The van der Waals surface area contributed by atoms with Crippen LogP contribution in [0.5, 0.6) is 0 Å². The monoisotopic (exact) mass is 571 g/mol. The zero-order valence-electron chi connectivity index (χ0n) is 20.3. The fraction of sp³-hybridized carbons (Fsp3) is 0.680. The van der Waals surface area contributed by atoms with E-state index in [1.54, 1.807) is 0 Å². The number of carbonyl (C=O) groups excluding carboxylic acids is 1. The Morgan fingerprint density at radius 1 is 1.27 bits per heavy atom. The number of halogens is 1. The van der Waals surface area contributed by atoms with Gasteiger partial charge in [-0.2, -0.15) is 0 Å². The fourth-order valence-corrected chi connectivity index (χ4v) is 4.67. The Hall–Kier alpha value is -1.39. The summed E-state index contributed by atoms with van der Waals surface area (Å²) in [6.07, 6.45) is 5.47. The Bertz CT molecular complexity index is 754. The summed E-state index contributed by atoms with van der Waals surface area (Å²) in [5, 5.41) is 3.44. The Balaban J connectivity index is 0.00000385. The maximum atomic E-state index is 11.6. The number of piperidine rings is 1. The van der Waals surface area contributed by atoms with Crippen LogP contribution < -0.4 is 11.1 Å². The summed E-state index contributed by atoms with van der Waals surface area (Å²) in [6.45, 7) is 9.07. The third-order valence-electron chi connectivity index (χ3n) is 6.63. The number of carbonyl (C=O) groups is 1. The highest BCUT2D eigenvalue weighted by Gasteiger charge is 2.23. The number of nitrogens with one attached hydrogen (secondary N) is 1. The SMILES string of the molecule is CCNC(=NCc1cccc(CN2CCCC(C(N)=O)C2)c1)N(C)CCC1CCOCC1.I. The highest BCUT2D eigenvalue weighted by Crippen LogP contribution is 2.20. The second-order valence-corrected chi connectivity index (χ2v) is 9.23. The minimum atomic E-state index is -0.172. The lowest BCUT2D eigenvalue weighted by Gasteiger charge is -2.31. The van der Waals surface area contributed by atoms with Gasteiger partial charge in [0, 0.05) is 46.4 Å². The number of aliphatic imine (C=N–C) groups is 1. The van der Waals surface area contributed by atoms with Crippen molar-refractivity contribution in [3.63, 3.8) is 0 Å². The molecule has 1 unspecified atom stereocenters. The van der Waals surface area contributed by atoms with Gasteiger partial charge in [-0.05, 0) is 62.6 Å². The molecule has 3 rings (SSSR count). The molecule has 1 atom stereocenters. The van der Waals surface area contributed by atoms with Crippen LogP contribution in [0.15, 0.2) is 29.3 Å². The number of hydrogen-bond acceptors (Lipinski definition) is 4. The van der Waals surface area contributed by atoms with Crippen molar-refractivity contribution in [1.29, 1.82) is 0 Å². The summed E-state index contributed by atoms with van der Waals surface area (Å²) in [6, 6.07) is 8.65. The number of nitrogens with two attached hydrogens (primary N) is 1. The molecule has 7 nitrogen and oxygen atoms in total. The molecule has 0 radical (unpaired) electrons. The van der Waals surface area contributed by atoms with Crippen LogP contribution in [0.2, 0.25) is 0 Å². The van der Waals surface area contributed by atoms with Gasteiger partial charge in [0.25, 0.3) is 0 Å². The largest absolute Gasteiger partial charge is 0.381 e. The first kappa shape index (κ1) is 27.9. The quantitative estimate of drug-likeness (QED) is 0.270. The predicted molar refractivity (Wildman–Crippen MR) is 145 cm³/mol. The maximum Gasteiger partial charge on any atom is 0.221 e. The van der Waals surface area contributed by atoms with Crippen molar-refractivity contribution >= 4 is 35.8 Å². The van der Waals surface area contributed by atoms with E-state index in [0.717, 1.165) is 70.7 Å². The van der Waals surface area contributed by atoms with Crippen LogP contribution in [0.25, 0.3) is 0 Å². The Labute approximate surface area is 216 Å². The van der Waals surface area contributed by atoms with Crippen LogP contribution in [0.3, 0.4) is 0 Å². The van der Waals surface area contributed by atoms with Crippen LogP contribution in [0.4, 0.5) is 0 Å². The molecule has 2 aliphatic rings. The number of likely N-dealkylation sites (tertiary alicyclic amines) is 1. The molecule has 2 fully saturated rings. The van der Waals surface area contributed by atoms with Crippen molar-refractivity contribution in [3.05, 3.63) is 35.4 Å². The second-order valence-electron chi connectivity index (χ2n) is 9.23. The molecule has 0 aliphatic carbocycles. The molecule has 8 heteroatoms. The smallest absolute Gasteiger partial charge is 0.221 e. The molecule has 3 N–H and O–H groups in total. The molecule has 2 heterocycles. The van der Waals surface area contributed by atoms with Crippen molar-refractivity contribution < 1.29 is 9.53 Å². The number of primary amides is 1. The average Bonchev–Trinajstić information content (AvgIpc) is 2.81. The number of nitrogens with zero attached hydrogens (tertiary/aromatic N) is 3. The highest BCUT2D eigenvalue weighted by atomic mass is 127. The molecule has 0 bridgehead atoms. The molecule has 33 heavy (non-hydrogen) atoms. The van der Waals surface area contributed by atoms with Gasteiger partial charge >= 0.3 is 0 Å². The van der Waals surface area contributed by atoms with E-state index in [-0.39, 0.29) is 35.8 Å². The number of ether oxygens (including phenoxy) is 1. The number of rotatable bonds is 9. The molecule has 186 valence electrons. The summed E-state index contributed by atoms with van der Waals surface area (Å²) >= 11 is 0. The molecular formula is C25H42IN5O2. The van der Waals surface area contributed by atoms with E-state index in [2.05, 4.69) is 53.4 Å². The van der Waals surface area contributed by atoms with Gasteiger partial charge in [0.2, 0.25) is 5.91 Å². The molecule has 2 aliphatic heterocycles. The minimum Gasteiger partial charge on any atom is -0.381 e. The molecule has 2 saturated heterocycles. The molecule has 1 amide bonds. The van der Waals surface area contributed by atoms with Crippen LogP contribution >= 0.6 is 24.0 Å². The summed E-state index contributed by atoms with van der Waals surface area (Å²) in [5.41, 5.74) is 8.00. The second kappa shape index (κ2) is 14.8. The van der Waals surface area contributed by atoms with Crippen molar-refractivity contribution in [2.45, 2.75) is 52.1 Å². The van der Waals surface area contributed by atoms with Crippen molar-refractivity contribution in [3.8, 4) is 0 Å². The van der Waals surface area contributed by atoms with E-state index in [9.17, 15) is 4.79 Å². The summed E-state index contributed by atoms with van der Waals surface area (Å²) in [4.78, 5) is 21.1. The van der Waals surface area contributed by atoms with E-state index >= 15 is 0 Å². The topological polar surface area (TPSA) is 83.2 Å². The van der Waals surface area contributed by atoms with E-state index in [0.29, 0.717) is 6.54 Å². The molecule has 1 aromatic rings. The summed E-state index contributed by atoms with van der Waals surface area (Å²) in [5.74, 6) is 1.53. The van der Waals surface area contributed by atoms with Crippen molar-refractivity contribution in [1.82, 2.24) is 15.1 Å². The van der Waals surface area contributed by atoms with Crippen LogP contribution in [-0.4, -0.2) is 68.1 Å². The van der Waals surface area contributed by atoms with E-state index in [4.69, 9.17) is 15.5 Å². The first-order valence-electron chi connectivity index (χ1n) is 12.2. The third kappa shape index (κ3) is 9.41. The van der Waals surface area contributed by atoms with Gasteiger partial charge in [0.1, 0.15) is 0 Å². The summed E-state index contributed by atoms with van der Waals surface area (Å²) < 4.78 is 5.48. The maximum absolute atomic E-state index is 11.6. The molecular weight excluding hydrogens is 529 g/mol. The Morgan fingerprint density at radius 3 is 2.76 bits per heavy atom. The molecule has 0 aromatic heterocycles. The minimum absolute atomic E-state index is 0. The highest BCUT2D eigenvalue weighted by molar-refractivity contribution is 14.0. The van der Waals surface area contributed by atoms with Gasteiger partial charge in [-0.15, -0.1) is 24.0 Å². The average molecular weight is 572 g/mol. The molecule has 0 saturated carbocycles. The Kier molecular flexibility index (Phi) is 12.5. The van der Waals surface area contributed by atoms with Crippen LogP contribution in [0, 0.1) is 11.8 Å². The fourth-order valence-electron chi connectivity index (χ4n) is 4.67. The normalized spacial score (nSPS) is 20.2. The number of amides is 1. The summed E-state index contributed by atoms with van der Waals surface area (Å²) in [7, 11) is 2.13. The number of guanidine groups is 1. The first-order valence-corrected chi connectivity index (χ1v) is 12.2. The number of hydrogen-bond donors (Lipinski definition) is 2. The molecule has 0 spiro atoms. The zero-order chi connectivity index (χ0) is 22.8. The van der Waals surface area contributed by atoms with Crippen LogP contribution in [-0.2, 0) is 22.6 Å². The van der Waals surface area contributed by atoms with Gasteiger partial charge in [-0.1, -0.05) is 24.3 Å². The van der Waals surface area contributed by atoms with Crippen LogP contribution in [0.1, 0.15) is 50.2 Å². The third-order valence-corrected chi connectivity index (χ3v) is 6.63. The standard InChI is InChI=1S/C25H41N5O2.HI/c1-3-27-25(29(2)13-9-20-10-14-32-15-11-20)28-17-21-6-4-7-22(16-21)18-30-12-5-8-23(19-30)24(26)31;/h4,6-7,16,20,23H,3,5,8-15,17-19H2,1-2H3,(H2,26,31)(H,27,28);1H. The zero-order valence-corrected chi connectivity index (χ0v) is 22.6. The van der Waals surface area contributed by atoms with Gasteiger partial charge in [-0.25, -0.2) is 4.99 Å². The van der Waals surface area contributed by atoms with E-state index in [1.807, 2.05) is 0 Å². The van der Waals surface area contributed by atoms with Gasteiger partial charge in [0.15, 0.2) is 5.96 Å². The molecule has 1 aromatic carbocycles. The lowest BCUT2D eigenvalue weighted by atomic mass is 9.96. The first-order chi connectivity index (χ1) is 15.5. The number of benzene rings is 1. The lowest BCUT2D eigenvalue weighted by molar-refractivity contribution is -0.123. The van der Waals surface area contributed by atoms with Gasteiger partial charge < -0.3 is 20.7 Å².